The fraction of sp³-hybridized carbons (Fsp3) is 0.478. The number of benzene rings is 1. The maximum Gasteiger partial charge on any atom is 0.341 e. The fourth-order valence-corrected chi connectivity index (χ4v) is 4.97. The number of hydrogen-bond donors (Lipinski definition) is 1. The van der Waals surface area contributed by atoms with E-state index in [1.165, 1.54) is 11.1 Å². The van der Waals surface area contributed by atoms with Gasteiger partial charge in [-0.05, 0) is 31.9 Å². The van der Waals surface area contributed by atoms with E-state index in [-0.39, 0.29) is 35.2 Å². The van der Waals surface area contributed by atoms with Crippen molar-refractivity contribution in [3.8, 4) is 0 Å². The van der Waals surface area contributed by atoms with Crippen molar-refractivity contribution in [3.05, 3.63) is 39.9 Å². The van der Waals surface area contributed by atoms with E-state index in [2.05, 4.69) is 0 Å². The normalized spacial score (nSPS) is 21.9. The van der Waals surface area contributed by atoms with E-state index in [0.29, 0.717) is 43.9 Å². The molecule has 0 spiro atoms. The van der Waals surface area contributed by atoms with Crippen LogP contribution in [0.15, 0.2) is 23.1 Å². The molecule has 174 valence electrons. The number of piperazine rings is 1. The monoisotopic (exact) mass is 456 g/mol. The van der Waals surface area contributed by atoms with Gasteiger partial charge in [-0.3, -0.25) is 24.2 Å². The van der Waals surface area contributed by atoms with Crippen LogP contribution in [0.3, 0.4) is 0 Å². The van der Waals surface area contributed by atoms with Crippen LogP contribution in [-0.2, 0) is 16.1 Å². The summed E-state index contributed by atoms with van der Waals surface area (Å²) in [6.07, 6.45) is 3.27. The van der Waals surface area contributed by atoms with Gasteiger partial charge in [0.1, 0.15) is 11.4 Å². The first kappa shape index (κ1) is 21.6. The van der Waals surface area contributed by atoms with E-state index >= 15 is 4.39 Å². The number of anilines is 1. The molecule has 1 N–H and O–H groups in total. The molecular formula is C23H25FN4O5. The van der Waals surface area contributed by atoms with E-state index in [4.69, 9.17) is 0 Å². The van der Waals surface area contributed by atoms with Crippen molar-refractivity contribution in [3.63, 3.8) is 0 Å². The highest BCUT2D eigenvalue weighted by Crippen LogP contribution is 2.33. The summed E-state index contributed by atoms with van der Waals surface area (Å²) < 4.78 is 16.7. The van der Waals surface area contributed by atoms with Crippen LogP contribution in [0, 0.1) is 5.82 Å². The van der Waals surface area contributed by atoms with Gasteiger partial charge in [0.25, 0.3) is 0 Å². The molecule has 1 aromatic carbocycles. The van der Waals surface area contributed by atoms with Gasteiger partial charge in [-0.1, -0.05) is 0 Å². The third-order valence-electron chi connectivity index (χ3n) is 6.89. The lowest BCUT2D eigenvalue weighted by Gasteiger charge is -2.38. The highest BCUT2D eigenvalue weighted by molar-refractivity contribution is 6.06. The number of hydrogen-bond acceptors (Lipinski definition) is 6. The van der Waals surface area contributed by atoms with Crippen molar-refractivity contribution in [2.45, 2.75) is 44.8 Å². The number of aromatic nitrogens is 1. The van der Waals surface area contributed by atoms with Gasteiger partial charge in [0.2, 0.25) is 17.2 Å². The number of imide groups is 1. The molecule has 33 heavy (non-hydrogen) atoms. The van der Waals surface area contributed by atoms with Crippen molar-refractivity contribution in [2.75, 3.05) is 31.1 Å². The minimum Gasteiger partial charge on any atom is -0.477 e. The van der Waals surface area contributed by atoms with Gasteiger partial charge in [-0.25, -0.2) is 9.18 Å². The standard InChI is InChI=1S/C23H25FN4O5/c1-2-25-12-15(23(32)33)21(30)14-9-16(24)18(10-17(14)25)26-5-7-27(8-6-26)19-11-20(29)28(22(19)31)13-3-4-13/h9-10,12-13,19H,2-8,11H2,1H3,(H,32,33). The Kier molecular flexibility index (Phi) is 5.19. The number of carboxylic acids is 1. The quantitative estimate of drug-likeness (QED) is 0.676. The Morgan fingerprint density at radius 1 is 1.12 bits per heavy atom. The van der Waals surface area contributed by atoms with E-state index in [9.17, 15) is 24.3 Å². The fourth-order valence-electron chi connectivity index (χ4n) is 4.97. The molecule has 1 atom stereocenters. The van der Waals surface area contributed by atoms with Crippen molar-refractivity contribution in [1.29, 1.82) is 0 Å². The summed E-state index contributed by atoms with van der Waals surface area (Å²) in [6, 6.07) is 2.34. The minimum atomic E-state index is -1.34. The molecule has 2 aromatic rings. The van der Waals surface area contributed by atoms with Crippen LogP contribution in [0.2, 0.25) is 0 Å². The van der Waals surface area contributed by atoms with Crippen LogP contribution in [0.5, 0.6) is 0 Å². The summed E-state index contributed by atoms with van der Waals surface area (Å²) in [5.74, 6) is -2.15. The zero-order chi connectivity index (χ0) is 23.4. The van der Waals surface area contributed by atoms with Gasteiger partial charge in [-0.2, -0.15) is 0 Å². The van der Waals surface area contributed by atoms with E-state index in [1.807, 2.05) is 16.7 Å². The number of nitrogens with zero attached hydrogens (tertiary/aromatic N) is 4. The first-order valence-electron chi connectivity index (χ1n) is 11.2. The minimum absolute atomic E-state index is 0.0341. The third-order valence-corrected chi connectivity index (χ3v) is 6.89. The summed E-state index contributed by atoms with van der Waals surface area (Å²) in [4.78, 5) is 54.3. The molecule has 2 aliphatic heterocycles. The number of carbonyl (C=O) groups is 3. The number of aromatic carboxylic acids is 1. The molecule has 3 heterocycles. The Morgan fingerprint density at radius 2 is 1.82 bits per heavy atom. The number of carboxylic acid groups (broad SMARTS) is 1. The highest BCUT2D eigenvalue weighted by Gasteiger charge is 2.48. The molecule has 10 heteroatoms. The van der Waals surface area contributed by atoms with Crippen LogP contribution in [0.1, 0.15) is 36.5 Å². The largest absolute Gasteiger partial charge is 0.477 e. The van der Waals surface area contributed by atoms with Crippen molar-refractivity contribution in [2.24, 2.45) is 0 Å². The van der Waals surface area contributed by atoms with Gasteiger partial charge in [-0.15, -0.1) is 0 Å². The van der Waals surface area contributed by atoms with E-state index in [0.717, 1.165) is 18.9 Å². The lowest BCUT2D eigenvalue weighted by atomic mass is 10.1. The molecule has 3 fully saturated rings. The summed E-state index contributed by atoms with van der Waals surface area (Å²) >= 11 is 0. The van der Waals surface area contributed by atoms with E-state index < -0.39 is 23.3 Å². The molecule has 1 saturated carbocycles. The zero-order valence-corrected chi connectivity index (χ0v) is 18.3. The molecule has 9 nitrogen and oxygen atoms in total. The summed E-state index contributed by atoms with van der Waals surface area (Å²) in [6.45, 7) is 4.20. The predicted octanol–water partition coefficient (Wildman–Crippen LogP) is 1.27. The second-order valence-corrected chi connectivity index (χ2v) is 8.86. The maximum atomic E-state index is 15.1. The average molecular weight is 456 g/mol. The zero-order valence-electron chi connectivity index (χ0n) is 18.3. The number of pyridine rings is 1. The van der Waals surface area contributed by atoms with E-state index in [1.54, 1.807) is 10.6 Å². The van der Waals surface area contributed by atoms with Crippen LogP contribution in [-0.4, -0.2) is 75.5 Å². The lowest BCUT2D eigenvalue weighted by Crippen LogP contribution is -2.53. The second kappa shape index (κ2) is 7.95. The maximum absolute atomic E-state index is 15.1. The third kappa shape index (κ3) is 3.58. The van der Waals surface area contributed by atoms with Crippen LogP contribution in [0.4, 0.5) is 10.1 Å². The molecule has 0 radical (unpaired) electrons. The first-order valence-corrected chi connectivity index (χ1v) is 11.2. The van der Waals surface area contributed by atoms with Gasteiger partial charge in [0, 0.05) is 50.3 Å². The number of amides is 2. The number of carbonyl (C=O) groups excluding carboxylic acids is 2. The number of halogens is 1. The molecule has 1 unspecified atom stereocenters. The number of rotatable bonds is 5. The SMILES string of the molecule is CCn1cc(C(=O)O)c(=O)c2cc(F)c(N3CCN(C4CC(=O)N(C5CC5)C4=O)CC3)cc21. The number of likely N-dealkylation sites (tertiary alicyclic amines) is 1. The topological polar surface area (TPSA) is 103 Å². The number of aryl methyl sites for hydroxylation is 1. The van der Waals surface area contributed by atoms with Crippen molar-refractivity contribution < 1.29 is 23.9 Å². The Bertz CT molecular complexity index is 1230. The van der Waals surface area contributed by atoms with Gasteiger partial charge in [0.05, 0.1) is 23.7 Å². The predicted molar refractivity (Wildman–Crippen MR) is 118 cm³/mol. The Labute approximate surface area is 189 Å². The lowest BCUT2D eigenvalue weighted by molar-refractivity contribution is -0.140. The molecule has 5 rings (SSSR count). The average Bonchev–Trinajstić information content (AvgIpc) is 3.58. The van der Waals surface area contributed by atoms with Gasteiger partial charge >= 0.3 is 5.97 Å². The molecule has 2 saturated heterocycles. The molecule has 3 aliphatic rings. The summed E-state index contributed by atoms with van der Waals surface area (Å²) in [5.41, 5.74) is -0.286. The van der Waals surface area contributed by atoms with Gasteiger partial charge in [0.15, 0.2) is 0 Å². The number of fused-ring (bicyclic) bond motifs is 1. The van der Waals surface area contributed by atoms with Crippen LogP contribution < -0.4 is 10.3 Å². The van der Waals surface area contributed by atoms with Crippen molar-refractivity contribution in [1.82, 2.24) is 14.4 Å². The smallest absolute Gasteiger partial charge is 0.341 e. The summed E-state index contributed by atoms with van der Waals surface area (Å²) in [7, 11) is 0. The highest BCUT2D eigenvalue weighted by atomic mass is 19.1. The van der Waals surface area contributed by atoms with Gasteiger partial charge < -0.3 is 14.6 Å². The Morgan fingerprint density at radius 3 is 2.42 bits per heavy atom. The van der Waals surface area contributed by atoms with Crippen LogP contribution in [0.25, 0.3) is 10.9 Å². The Balaban J connectivity index is 1.38. The Hall–Kier alpha value is -3.27. The molecule has 0 bridgehead atoms. The molecular weight excluding hydrogens is 431 g/mol. The molecule has 1 aromatic heterocycles. The van der Waals surface area contributed by atoms with Crippen LogP contribution >= 0.6 is 0 Å². The van der Waals surface area contributed by atoms with Crippen molar-refractivity contribution >= 4 is 34.4 Å². The first-order chi connectivity index (χ1) is 15.8. The molecule has 2 amide bonds. The summed E-state index contributed by atoms with van der Waals surface area (Å²) in [5, 5.41) is 9.34. The molecule has 1 aliphatic carbocycles. The second-order valence-electron chi connectivity index (χ2n) is 8.86.